The van der Waals surface area contributed by atoms with Crippen molar-refractivity contribution >= 4 is 35.8 Å². The van der Waals surface area contributed by atoms with E-state index in [1.807, 2.05) is 24.3 Å². The van der Waals surface area contributed by atoms with Crippen LogP contribution in [0.25, 0.3) is 0 Å². The molecule has 31 heavy (non-hydrogen) atoms. The van der Waals surface area contributed by atoms with Gasteiger partial charge in [-0.3, -0.25) is 4.79 Å². The normalized spacial score (nSPS) is 10.8. The number of ether oxygens (including phenoxy) is 2. The lowest BCUT2D eigenvalue weighted by molar-refractivity contribution is -0.127. The van der Waals surface area contributed by atoms with Crippen LogP contribution in [0, 0.1) is 0 Å². The summed E-state index contributed by atoms with van der Waals surface area (Å²) in [5.41, 5.74) is 1.48. The highest BCUT2D eigenvalue weighted by Crippen LogP contribution is 2.20. The molecule has 0 radical (unpaired) electrons. The summed E-state index contributed by atoms with van der Waals surface area (Å²) in [5, 5.41) is 6.01. The summed E-state index contributed by atoms with van der Waals surface area (Å²) >= 11 is 0. The van der Waals surface area contributed by atoms with Crippen molar-refractivity contribution in [3.05, 3.63) is 59.7 Å². The van der Waals surface area contributed by atoms with Gasteiger partial charge in [0.1, 0.15) is 11.5 Å². The number of benzene rings is 2. The molecule has 170 valence electrons. The third-order valence-corrected chi connectivity index (χ3v) is 4.12. The lowest BCUT2D eigenvalue weighted by atomic mass is 10.2. The van der Waals surface area contributed by atoms with Gasteiger partial charge in [-0.1, -0.05) is 30.3 Å². The van der Waals surface area contributed by atoms with Crippen molar-refractivity contribution in [3.63, 3.8) is 0 Å². The fraction of sp³-hybridized carbons (Fsp3) is 0.333. The van der Waals surface area contributed by atoms with Gasteiger partial charge >= 0.3 is 6.61 Å². The van der Waals surface area contributed by atoms with Gasteiger partial charge in [0.25, 0.3) is 0 Å². The van der Waals surface area contributed by atoms with E-state index in [0.717, 1.165) is 11.3 Å². The van der Waals surface area contributed by atoms with Gasteiger partial charge in [-0.05, 0) is 23.8 Å². The van der Waals surface area contributed by atoms with Crippen LogP contribution in [-0.2, 0) is 17.9 Å². The highest BCUT2D eigenvalue weighted by molar-refractivity contribution is 14.0. The first-order chi connectivity index (χ1) is 14.4. The number of rotatable bonds is 9. The molecule has 1 amide bonds. The maximum atomic E-state index is 12.6. The van der Waals surface area contributed by atoms with E-state index in [1.165, 1.54) is 11.0 Å². The van der Waals surface area contributed by atoms with Gasteiger partial charge < -0.3 is 25.0 Å². The van der Waals surface area contributed by atoms with Gasteiger partial charge in [-0.2, -0.15) is 8.78 Å². The lowest BCUT2D eigenvalue weighted by Gasteiger charge is -2.16. The van der Waals surface area contributed by atoms with Crippen LogP contribution in [0.5, 0.6) is 11.5 Å². The van der Waals surface area contributed by atoms with Crippen LogP contribution in [0.2, 0.25) is 0 Å². The fourth-order valence-electron chi connectivity index (χ4n) is 2.43. The van der Waals surface area contributed by atoms with Crippen molar-refractivity contribution in [3.8, 4) is 11.5 Å². The van der Waals surface area contributed by atoms with Crippen LogP contribution in [0.4, 0.5) is 8.78 Å². The Labute approximate surface area is 197 Å². The van der Waals surface area contributed by atoms with Crippen LogP contribution in [0.3, 0.4) is 0 Å². The number of para-hydroxylation sites is 1. The van der Waals surface area contributed by atoms with E-state index in [2.05, 4.69) is 20.4 Å². The number of halogens is 3. The number of likely N-dealkylation sites (N-methyl/N-ethyl adjacent to an activating group) is 1. The summed E-state index contributed by atoms with van der Waals surface area (Å²) in [7, 11) is 4.91. The van der Waals surface area contributed by atoms with Gasteiger partial charge in [-0.15, -0.1) is 24.0 Å². The quantitative estimate of drug-likeness (QED) is 0.286. The Balaban J connectivity index is 0.00000480. The summed E-state index contributed by atoms with van der Waals surface area (Å²) in [6.07, 6.45) is 0. The van der Waals surface area contributed by atoms with Crippen molar-refractivity contribution in [1.29, 1.82) is 0 Å². The number of carbonyl (C=O) groups is 1. The second-order valence-corrected chi connectivity index (χ2v) is 6.49. The summed E-state index contributed by atoms with van der Waals surface area (Å²) < 4.78 is 34.9. The fourth-order valence-corrected chi connectivity index (χ4v) is 2.43. The van der Waals surface area contributed by atoms with Crippen molar-refractivity contribution in [2.75, 3.05) is 27.7 Å². The van der Waals surface area contributed by atoms with Crippen LogP contribution in [0.1, 0.15) is 11.1 Å². The topological polar surface area (TPSA) is 75.2 Å². The van der Waals surface area contributed by atoms with Crippen molar-refractivity contribution < 1.29 is 23.0 Å². The standard InChI is InChI=1S/C21H26F2N4O3.HI/c1-27(2)19(28)14-26-21(24-12-15-8-10-17(29-3)11-9-15)25-13-16-6-4-5-7-18(16)30-20(22)23;/h4-11,20H,12-14H2,1-3H3,(H2,24,25,26);1H. The minimum atomic E-state index is -2.91. The zero-order valence-corrected chi connectivity index (χ0v) is 19.9. The molecular formula is C21H27F2IN4O3. The van der Waals surface area contributed by atoms with E-state index in [4.69, 9.17) is 4.74 Å². The van der Waals surface area contributed by atoms with Crippen LogP contribution in [0.15, 0.2) is 53.5 Å². The molecule has 0 aliphatic carbocycles. The minimum absolute atomic E-state index is 0. The Hall–Kier alpha value is -2.63. The average molecular weight is 548 g/mol. The average Bonchev–Trinajstić information content (AvgIpc) is 2.73. The first-order valence-corrected chi connectivity index (χ1v) is 9.27. The maximum Gasteiger partial charge on any atom is 0.387 e. The molecule has 0 unspecified atom stereocenters. The van der Waals surface area contributed by atoms with Crippen molar-refractivity contribution in [2.45, 2.75) is 19.7 Å². The smallest absolute Gasteiger partial charge is 0.387 e. The van der Waals surface area contributed by atoms with Crippen LogP contribution < -0.4 is 20.1 Å². The molecular weight excluding hydrogens is 521 g/mol. The van der Waals surface area contributed by atoms with E-state index in [1.54, 1.807) is 39.4 Å². The molecule has 0 atom stereocenters. The summed E-state index contributed by atoms with van der Waals surface area (Å²) in [5.74, 6) is 1.06. The number of methoxy groups -OCH3 is 1. The molecule has 0 spiro atoms. The first kappa shape index (κ1) is 26.4. The minimum Gasteiger partial charge on any atom is -0.497 e. The third kappa shape index (κ3) is 9.37. The first-order valence-electron chi connectivity index (χ1n) is 9.27. The summed E-state index contributed by atoms with van der Waals surface area (Å²) in [6, 6.07) is 13.9. The SMILES string of the molecule is COc1ccc(CN=C(NCC(=O)N(C)C)NCc2ccccc2OC(F)F)cc1.I. The number of guanidine groups is 1. The molecule has 0 aliphatic rings. The predicted octanol–water partition coefficient (Wildman–Crippen LogP) is 3.24. The largest absolute Gasteiger partial charge is 0.497 e. The third-order valence-electron chi connectivity index (χ3n) is 4.12. The molecule has 0 bridgehead atoms. The number of hydrogen-bond donors (Lipinski definition) is 2. The predicted molar refractivity (Wildman–Crippen MR) is 126 cm³/mol. The van der Waals surface area contributed by atoms with Gasteiger partial charge in [-0.25, -0.2) is 4.99 Å². The number of aliphatic imine (C=N–C) groups is 1. The molecule has 2 aromatic carbocycles. The molecule has 0 saturated heterocycles. The molecule has 0 heterocycles. The molecule has 0 aromatic heterocycles. The van der Waals surface area contributed by atoms with Gasteiger partial charge in [0.15, 0.2) is 5.96 Å². The lowest BCUT2D eigenvalue weighted by Crippen LogP contribution is -2.42. The van der Waals surface area contributed by atoms with Crippen LogP contribution >= 0.6 is 24.0 Å². The zero-order chi connectivity index (χ0) is 21.9. The van der Waals surface area contributed by atoms with E-state index in [0.29, 0.717) is 18.1 Å². The Bertz CT molecular complexity index is 849. The van der Waals surface area contributed by atoms with Gasteiger partial charge in [0.2, 0.25) is 5.91 Å². The molecule has 10 heteroatoms. The van der Waals surface area contributed by atoms with Gasteiger partial charge in [0.05, 0.1) is 20.2 Å². The highest BCUT2D eigenvalue weighted by atomic mass is 127. The van der Waals surface area contributed by atoms with E-state index >= 15 is 0 Å². The summed E-state index contributed by atoms with van der Waals surface area (Å²) in [6.45, 7) is -2.33. The monoisotopic (exact) mass is 548 g/mol. The zero-order valence-electron chi connectivity index (χ0n) is 17.6. The molecule has 2 aromatic rings. The molecule has 0 fully saturated rings. The Morgan fingerprint density at radius 2 is 1.77 bits per heavy atom. The van der Waals surface area contributed by atoms with Crippen LogP contribution in [-0.4, -0.2) is 51.1 Å². The molecule has 2 N–H and O–H groups in total. The molecule has 2 rings (SSSR count). The highest BCUT2D eigenvalue weighted by Gasteiger charge is 2.11. The van der Waals surface area contributed by atoms with Crippen molar-refractivity contribution in [1.82, 2.24) is 15.5 Å². The van der Waals surface area contributed by atoms with Crippen molar-refractivity contribution in [2.24, 2.45) is 4.99 Å². The number of carbonyl (C=O) groups excluding carboxylic acids is 1. The maximum absolute atomic E-state index is 12.6. The number of hydrogen-bond acceptors (Lipinski definition) is 4. The Morgan fingerprint density at radius 1 is 1.10 bits per heavy atom. The number of nitrogens with one attached hydrogen (secondary N) is 2. The Kier molecular flexibility index (Phi) is 11.6. The van der Waals surface area contributed by atoms with Gasteiger partial charge in [0, 0.05) is 26.2 Å². The van der Waals surface area contributed by atoms with E-state index in [-0.39, 0.29) is 48.7 Å². The Morgan fingerprint density at radius 3 is 2.39 bits per heavy atom. The molecule has 0 saturated carbocycles. The molecule has 7 nitrogen and oxygen atoms in total. The molecule has 0 aliphatic heterocycles. The number of alkyl halides is 2. The number of amides is 1. The summed E-state index contributed by atoms with van der Waals surface area (Å²) in [4.78, 5) is 17.8. The number of nitrogens with zero attached hydrogens (tertiary/aromatic N) is 2. The second-order valence-electron chi connectivity index (χ2n) is 6.49. The second kappa shape index (κ2) is 13.6. The van der Waals surface area contributed by atoms with E-state index < -0.39 is 6.61 Å². The van der Waals surface area contributed by atoms with E-state index in [9.17, 15) is 13.6 Å².